The Morgan fingerprint density at radius 2 is 2.20 bits per heavy atom. The first-order chi connectivity index (χ1) is 9.58. The number of nitrogens with one attached hydrogen (secondary N) is 1. The number of nitrogens with zero attached hydrogens (tertiary/aromatic N) is 1. The van der Waals surface area contributed by atoms with Gasteiger partial charge in [-0.05, 0) is 37.9 Å². The number of anilines is 1. The van der Waals surface area contributed by atoms with E-state index in [1.807, 2.05) is 11.4 Å². The Morgan fingerprint density at radius 3 is 2.90 bits per heavy atom. The van der Waals surface area contributed by atoms with E-state index >= 15 is 0 Å². The molecule has 5 nitrogen and oxygen atoms in total. The first kappa shape index (κ1) is 14.0. The van der Waals surface area contributed by atoms with Crippen LogP contribution < -0.4 is 10.5 Å². The van der Waals surface area contributed by atoms with Crippen molar-refractivity contribution in [1.29, 1.82) is 0 Å². The van der Waals surface area contributed by atoms with Gasteiger partial charge in [0, 0.05) is 16.2 Å². The third-order valence-corrected chi connectivity index (χ3v) is 6.91. The lowest BCUT2D eigenvalue weighted by molar-refractivity contribution is 0.603. The molecule has 108 valence electrons. The predicted molar refractivity (Wildman–Crippen MR) is 82.0 cm³/mol. The summed E-state index contributed by atoms with van der Waals surface area (Å²) in [5.74, 6) is 0.530. The van der Waals surface area contributed by atoms with Crippen LogP contribution >= 0.6 is 22.7 Å². The second kappa shape index (κ2) is 5.44. The molecule has 3 N–H and O–H groups in total. The maximum atomic E-state index is 12.2. The molecule has 0 aromatic carbocycles. The van der Waals surface area contributed by atoms with Crippen LogP contribution in [0.5, 0.6) is 0 Å². The zero-order valence-corrected chi connectivity index (χ0v) is 13.2. The highest BCUT2D eigenvalue weighted by Crippen LogP contribution is 2.41. The Balaban J connectivity index is 1.76. The number of hydrogen-bond acceptors (Lipinski definition) is 6. The minimum Gasteiger partial charge on any atom is -0.330 e. The van der Waals surface area contributed by atoms with Gasteiger partial charge in [0.25, 0.3) is 10.0 Å². The molecule has 1 aliphatic carbocycles. The summed E-state index contributed by atoms with van der Waals surface area (Å²) in [6.07, 6.45) is 3.01. The lowest BCUT2D eigenvalue weighted by Gasteiger charge is -2.01. The van der Waals surface area contributed by atoms with Crippen molar-refractivity contribution in [2.45, 2.75) is 29.4 Å². The molecule has 0 saturated heterocycles. The van der Waals surface area contributed by atoms with E-state index in [9.17, 15) is 8.42 Å². The third kappa shape index (κ3) is 3.03. The summed E-state index contributed by atoms with van der Waals surface area (Å²) in [5, 5.41) is 2.38. The van der Waals surface area contributed by atoms with Crippen molar-refractivity contribution in [3.05, 3.63) is 28.1 Å². The van der Waals surface area contributed by atoms with Crippen molar-refractivity contribution >= 4 is 37.8 Å². The molecule has 20 heavy (non-hydrogen) atoms. The van der Waals surface area contributed by atoms with E-state index in [2.05, 4.69) is 9.71 Å². The Hall–Kier alpha value is -0.960. The molecule has 0 aliphatic heterocycles. The highest BCUT2D eigenvalue weighted by Gasteiger charge is 2.27. The van der Waals surface area contributed by atoms with E-state index in [4.69, 9.17) is 5.73 Å². The van der Waals surface area contributed by atoms with E-state index in [-0.39, 0.29) is 0 Å². The van der Waals surface area contributed by atoms with Crippen LogP contribution in [-0.4, -0.2) is 19.9 Å². The number of nitrogens with two attached hydrogens (primary N) is 1. The lowest BCUT2D eigenvalue weighted by Crippen LogP contribution is -2.11. The van der Waals surface area contributed by atoms with Crippen molar-refractivity contribution in [2.24, 2.45) is 5.73 Å². The van der Waals surface area contributed by atoms with E-state index < -0.39 is 10.0 Å². The standard InChI is InChI=1S/C12H15N3O2S3/c13-6-5-9-3-4-11(19-9)20(16,17)15-12-14-10(7-18-12)8-1-2-8/h3-4,7-8H,1-2,5-6,13H2,(H,14,15). The van der Waals surface area contributed by atoms with Gasteiger partial charge in [-0.15, -0.1) is 22.7 Å². The highest BCUT2D eigenvalue weighted by molar-refractivity contribution is 7.94. The van der Waals surface area contributed by atoms with Crippen LogP contribution in [0.15, 0.2) is 21.7 Å². The summed E-state index contributed by atoms with van der Waals surface area (Å²) in [7, 11) is -3.53. The van der Waals surface area contributed by atoms with Gasteiger partial charge in [-0.3, -0.25) is 4.72 Å². The van der Waals surface area contributed by atoms with E-state index in [1.165, 1.54) is 22.7 Å². The molecule has 2 aromatic heterocycles. The van der Waals surface area contributed by atoms with Crippen LogP contribution in [-0.2, 0) is 16.4 Å². The van der Waals surface area contributed by atoms with Gasteiger partial charge in [0.05, 0.1) is 5.69 Å². The number of aromatic nitrogens is 1. The molecule has 0 radical (unpaired) electrons. The van der Waals surface area contributed by atoms with Gasteiger partial charge < -0.3 is 5.73 Å². The smallest absolute Gasteiger partial charge is 0.273 e. The Kier molecular flexibility index (Phi) is 3.80. The summed E-state index contributed by atoms with van der Waals surface area (Å²) < 4.78 is 27.4. The summed E-state index contributed by atoms with van der Waals surface area (Å²) >= 11 is 2.60. The minimum atomic E-state index is -3.53. The zero-order chi connectivity index (χ0) is 14.2. The first-order valence-corrected chi connectivity index (χ1v) is 9.53. The predicted octanol–water partition coefficient (Wildman–Crippen LogP) is 2.38. The Bertz CT molecular complexity index is 701. The summed E-state index contributed by atoms with van der Waals surface area (Å²) in [6, 6.07) is 3.43. The largest absolute Gasteiger partial charge is 0.330 e. The molecule has 0 unspecified atom stereocenters. The average Bonchev–Trinajstić information content (AvgIpc) is 2.95. The lowest BCUT2D eigenvalue weighted by atomic mass is 10.3. The molecule has 0 amide bonds. The van der Waals surface area contributed by atoms with E-state index in [0.29, 0.717) is 28.2 Å². The fourth-order valence-electron chi connectivity index (χ4n) is 1.84. The van der Waals surface area contributed by atoms with Gasteiger partial charge in [0.15, 0.2) is 5.13 Å². The summed E-state index contributed by atoms with van der Waals surface area (Å²) in [6.45, 7) is 0.519. The minimum absolute atomic E-state index is 0.309. The van der Waals surface area contributed by atoms with Crippen LogP contribution in [0.1, 0.15) is 29.3 Å². The second-order valence-corrected chi connectivity index (χ2v) is 8.65. The van der Waals surface area contributed by atoms with Crippen molar-refractivity contribution in [2.75, 3.05) is 11.3 Å². The number of thiazole rings is 1. The molecular formula is C12H15N3O2S3. The fourth-order valence-corrected chi connectivity index (χ4v) is 5.26. The molecule has 8 heteroatoms. The van der Waals surface area contributed by atoms with Gasteiger partial charge in [-0.1, -0.05) is 0 Å². The molecule has 3 rings (SSSR count). The van der Waals surface area contributed by atoms with Crippen LogP contribution in [0, 0.1) is 0 Å². The zero-order valence-electron chi connectivity index (χ0n) is 10.7. The van der Waals surface area contributed by atoms with Crippen molar-refractivity contribution in [3.8, 4) is 0 Å². The van der Waals surface area contributed by atoms with Crippen molar-refractivity contribution in [3.63, 3.8) is 0 Å². The topological polar surface area (TPSA) is 85.1 Å². The summed E-state index contributed by atoms with van der Waals surface area (Å²) in [5.41, 5.74) is 6.48. The maximum Gasteiger partial charge on any atom is 0.273 e. The molecule has 2 aromatic rings. The first-order valence-electron chi connectivity index (χ1n) is 6.35. The van der Waals surface area contributed by atoms with E-state index in [0.717, 1.165) is 23.4 Å². The highest BCUT2D eigenvalue weighted by atomic mass is 32.2. The van der Waals surface area contributed by atoms with Crippen LogP contribution in [0.25, 0.3) is 0 Å². The fraction of sp³-hybridized carbons (Fsp3) is 0.417. The normalized spacial score (nSPS) is 15.4. The van der Waals surface area contributed by atoms with Crippen LogP contribution in [0.3, 0.4) is 0 Å². The van der Waals surface area contributed by atoms with Crippen molar-refractivity contribution in [1.82, 2.24) is 4.98 Å². The maximum absolute atomic E-state index is 12.2. The monoisotopic (exact) mass is 329 g/mol. The number of sulfonamides is 1. The third-order valence-electron chi connectivity index (χ3n) is 3.03. The number of thiophene rings is 1. The van der Waals surface area contributed by atoms with Gasteiger partial charge in [-0.2, -0.15) is 0 Å². The molecule has 2 heterocycles. The molecule has 0 bridgehead atoms. The van der Waals surface area contributed by atoms with Gasteiger partial charge in [0.2, 0.25) is 0 Å². The quantitative estimate of drug-likeness (QED) is 0.852. The van der Waals surface area contributed by atoms with E-state index in [1.54, 1.807) is 6.07 Å². The molecule has 1 fully saturated rings. The van der Waals surface area contributed by atoms with Gasteiger partial charge >= 0.3 is 0 Å². The Morgan fingerprint density at radius 1 is 1.40 bits per heavy atom. The van der Waals surface area contributed by atoms with Gasteiger partial charge in [-0.25, -0.2) is 13.4 Å². The second-order valence-electron chi connectivity index (χ2n) is 4.72. The molecular weight excluding hydrogens is 314 g/mol. The molecule has 0 spiro atoms. The molecule has 0 atom stereocenters. The number of rotatable bonds is 6. The van der Waals surface area contributed by atoms with Gasteiger partial charge in [0.1, 0.15) is 4.21 Å². The van der Waals surface area contributed by atoms with Crippen LogP contribution in [0.4, 0.5) is 5.13 Å². The Labute approximate surface area is 125 Å². The number of hydrogen-bond donors (Lipinski definition) is 2. The molecule has 1 saturated carbocycles. The van der Waals surface area contributed by atoms with Crippen molar-refractivity contribution < 1.29 is 8.42 Å². The summed E-state index contributed by atoms with van der Waals surface area (Å²) in [4.78, 5) is 5.32. The SMILES string of the molecule is NCCc1ccc(S(=O)(=O)Nc2nc(C3CC3)cs2)s1. The molecule has 1 aliphatic rings. The van der Waals surface area contributed by atoms with Crippen LogP contribution in [0.2, 0.25) is 0 Å². The average molecular weight is 329 g/mol.